The Labute approximate surface area is 814 Å². The largest absolute Gasteiger partial charge is 2.00 e. The first kappa shape index (κ1) is 120. The summed E-state index contributed by atoms with van der Waals surface area (Å²) in [5.41, 5.74) is -6.21. The minimum atomic E-state index is -1.80. The molecule has 0 aromatic carbocycles. The van der Waals surface area contributed by atoms with Crippen molar-refractivity contribution >= 4 is 174 Å². The van der Waals surface area contributed by atoms with E-state index in [4.69, 9.17) is 0 Å². The molecule has 6 rings (SSSR count). The summed E-state index contributed by atoms with van der Waals surface area (Å²) in [5.74, 6) is -10.7. The summed E-state index contributed by atoms with van der Waals surface area (Å²) < 4.78 is 4.26. The SMILES string of the molecule is CCCC[N+](CCCC)(CCCC)CCCC.CCCC[N+](CCCC)(CCCC)CCCC.CCCC[N+](CCCC)(CCCC)CCCC.O=C([O-])c1ccnc(-c2cc(C(=O)[O-])cc(-c3nc(N=C=S)c(N=C=S)c(C(=O)[O-])c3N=C=S)n2)c1.O=C([O-])c1ccnc(-c2cc(C(=O)[O-])cc(-c3nc(N=C=S)c(N=C=S)c(C(=O)[O-])c3N=C=S)n2)c1.[Ru+2].[Ru+2].[Ru+2]. The molecule has 0 bridgehead atoms. The molecule has 36 heteroatoms. The molecule has 0 amide bonds. The number of hydrogen-bond donors (Lipinski definition) is 0. The number of aromatic carboxylic acids is 6. The molecule has 126 heavy (non-hydrogen) atoms. The molecule has 0 N–H and O–H groups in total. The molecule has 6 aromatic rings. The topological polar surface area (TPSA) is 392 Å². The normalized spacial score (nSPS) is 10.4. The molecule has 682 valence electrons. The zero-order valence-electron chi connectivity index (χ0n) is 74.3. The molecule has 0 aliphatic carbocycles. The summed E-state index contributed by atoms with van der Waals surface area (Å²) in [6, 6.07) is 8.62. The second-order valence-corrected chi connectivity index (χ2v) is 30.8. The van der Waals surface area contributed by atoms with Crippen LogP contribution in [0.3, 0.4) is 0 Å². The van der Waals surface area contributed by atoms with Gasteiger partial charge in [0.1, 0.15) is 34.1 Å². The number of rotatable bonds is 52. The number of isothiocyanates is 6. The molecular weight excluding hydrogens is 1980 g/mol. The number of pyridine rings is 6. The van der Waals surface area contributed by atoms with Crippen LogP contribution in [-0.4, -0.2) is 189 Å². The third-order valence-corrected chi connectivity index (χ3v) is 21.1. The number of unbranched alkanes of at least 4 members (excludes halogenated alkanes) is 12. The number of quaternary nitrogens is 3. The molecule has 0 aliphatic rings. The number of aromatic nitrogens is 6. The second kappa shape index (κ2) is 68.4. The number of hydrogen-bond acceptors (Lipinski definition) is 30. The summed E-state index contributed by atoms with van der Waals surface area (Å²) in [5, 5.41) is 82.0. The monoisotopic (exact) mass is 2100 g/mol. The molecule has 0 radical (unpaired) electrons. The van der Waals surface area contributed by atoms with E-state index in [1.54, 1.807) is 0 Å². The number of carboxylic acids is 6. The zero-order chi connectivity index (χ0) is 91.8. The van der Waals surface area contributed by atoms with E-state index in [-0.39, 0.29) is 115 Å². The Morgan fingerprint density at radius 1 is 0.278 bits per heavy atom. The molecule has 27 nitrogen and oxygen atoms in total. The van der Waals surface area contributed by atoms with E-state index in [2.05, 4.69) is 216 Å². The number of carbonyl (C=O) groups excluding carboxylic acids is 6. The molecule has 0 atom stereocenters. The van der Waals surface area contributed by atoms with Crippen molar-refractivity contribution in [3.05, 3.63) is 94.3 Å². The van der Waals surface area contributed by atoms with Crippen molar-refractivity contribution in [1.29, 1.82) is 0 Å². The van der Waals surface area contributed by atoms with Crippen LogP contribution in [0.2, 0.25) is 0 Å². The minimum absolute atomic E-state index is 0. The van der Waals surface area contributed by atoms with Gasteiger partial charge in [-0.3, -0.25) is 9.97 Å². The van der Waals surface area contributed by atoms with E-state index in [0.29, 0.717) is 0 Å². The van der Waals surface area contributed by atoms with Gasteiger partial charge in [-0.2, -0.15) is 30.0 Å². The standard InChI is InChI=1S/2C21H8N6O6S3.3C16H36N.3Ru/c2*28-19(29)9-1-2-22-11(3-9)12-4-10(20(30)31)5-13(26-12)15-16(23-6-34)14(21(32)33)17(24-7-35)18(27-15)25-8-36;3*1-5-9-13-17(14-10-6-2,15-11-7-3)16-12-8-4;;;/h2*1-5H,(H,28,29)(H,30,31)(H,32,33);3*5-16H2,1-4H3;;;/q;;3*+1;3*+2/p-6. The van der Waals surface area contributed by atoms with E-state index in [1.807, 2.05) is 31.0 Å². The second-order valence-electron chi connectivity index (χ2n) is 29.7. The molecule has 0 saturated carbocycles. The average Bonchev–Trinajstić information content (AvgIpc) is 0.767. The Morgan fingerprint density at radius 3 is 0.667 bits per heavy atom. The fourth-order valence-electron chi connectivity index (χ4n) is 13.8. The maximum Gasteiger partial charge on any atom is 2.00 e. The van der Waals surface area contributed by atoms with Gasteiger partial charge in [-0.15, -0.1) is 0 Å². The number of thiocarbonyl (C=S) groups is 6. The summed E-state index contributed by atoms with van der Waals surface area (Å²) >= 11 is 27.5. The van der Waals surface area contributed by atoms with Crippen LogP contribution >= 0.6 is 73.3 Å². The first-order valence-electron chi connectivity index (χ1n) is 42.6. The van der Waals surface area contributed by atoms with E-state index in [0.717, 1.165) is 60.9 Å². The van der Waals surface area contributed by atoms with Gasteiger partial charge in [0.15, 0.2) is 11.6 Å². The molecule has 0 fully saturated rings. The maximum atomic E-state index is 12.0. The smallest absolute Gasteiger partial charge is 0.545 e. The summed E-state index contributed by atoms with van der Waals surface area (Å²) in [7, 11) is 0. The van der Waals surface area contributed by atoms with Crippen molar-refractivity contribution in [2.24, 2.45) is 30.0 Å². The number of nitrogens with zero attached hydrogens (tertiary/aromatic N) is 15. The number of aliphatic imine (C=N–C) groups is 6. The third-order valence-electron chi connectivity index (χ3n) is 20.6. The van der Waals surface area contributed by atoms with Crippen LogP contribution in [0, 0.1) is 0 Å². The van der Waals surface area contributed by atoms with E-state index in [9.17, 15) is 59.4 Å². The van der Waals surface area contributed by atoms with Crippen LogP contribution in [0.4, 0.5) is 34.4 Å². The summed E-state index contributed by atoms with van der Waals surface area (Å²) in [6.07, 6.45) is 35.5. The maximum absolute atomic E-state index is 12.0. The van der Waals surface area contributed by atoms with Gasteiger partial charge >= 0.3 is 58.4 Å². The Bertz CT molecular complexity index is 4330. The molecule has 0 aliphatic heterocycles. The number of carboxylic acid groups (broad SMARTS) is 6. The zero-order valence-corrected chi connectivity index (χ0v) is 84.5. The van der Waals surface area contributed by atoms with Crippen LogP contribution in [-0.2, 0) is 58.4 Å². The molecular formula is C90H118N15O12Ru3S6+3. The molecule has 0 unspecified atom stereocenters. The van der Waals surface area contributed by atoms with E-state index in [1.165, 1.54) is 246 Å². The summed E-state index contributed by atoms with van der Waals surface area (Å²) in [4.78, 5) is 117. The van der Waals surface area contributed by atoms with Crippen molar-refractivity contribution in [3.63, 3.8) is 0 Å². The average molecular weight is 2100 g/mol. The summed E-state index contributed by atoms with van der Waals surface area (Å²) in [6.45, 7) is 45.1. The Hall–Kier alpha value is -7.73. The molecule has 6 heterocycles. The van der Waals surface area contributed by atoms with E-state index >= 15 is 0 Å². The molecule has 0 saturated heterocycles. The van der Waals surface area contributed by atoms with Crippen molar-refractivity contribution in [2.45, 2.75) is 237 Å². The molecule has 0 spiro atoms. The van der Waals surface area contributed by atoms with Crippen LogP contribution in [0.15, 0.2) is 90.9 Å². The fourth-order valence-corrected chi connectivity index (χ4v) is 14.4. The van der Waals surface area contributed by atoms with E-state index < -0.39 is 92.5 Å². The van der Waals surface area contributed by atoms with Crippen molar-refractivity contribution in [1.82, 2.24) is 29.9 Å². The quantitative estimate of drug-likeness (QED) is 0.0148. The van der Waals surface area contributed by atoms with Crippen LogP contribution in [0.1, 0.15) is 299 Å². The van der Waals surface area contributed by atoms with Crippen molar-refractivity contribution in [3.8, 4) is 45.6 Å². The first-order chi connectivity index (χ1) is 59.1. The van der Waals surface area contributed by atoms with Gasteiger partial charge in [0.05, 0.1) is 191 Å². The first-order valence-corrected chi connectivity index (χ1v) is 45.0. The van der Waals surface area contributed by atoms with Gasteiger partial charge < -0.3 is 72.9 Å². The number of carbonyl (C=O) groups is 6. The predicted molar refractivity (Wildman–Crippen MR) is 494 cm³/mol. The minimum Gasteiger partial charge on any atom is -0.545 e. The van der Waals surface area contributed by atoms with Gasteiger partial charge in [0.2, 0.25) is 0 Å². The van der Waals surface area contributed by atoms with Crippen LogP contribution in [0.5, 0.6) is 0 Å². The Morgan fingerprint density at radius 2 is 0.476 bits per heavy atom. The van der Waals surface area contributed by atoms with Gasteiger partial charge in [-0.05, 0) is 199 Å². The molecule has 6 aromatic heterocycles. The van der Waals surface area contributed by atoms with Crippen LogP contribution < -0.4 is 30.6 Å². The fraction of sp³-hybridized carbons (Fsp3) is 0.533. The predicted octanol–water partition coefficient (Wildman–Crippen LogP) is 16.0. The Kier molecular flexibility index (Phi) is 65.3. The van der Waals surface area contributed by atoms with Gasteiger partial charge in [0.25, 0.3) is 0 Å². The third kappa shape index (κ3) is 40.9. The van der Waals surface area contributed by atoms with Crippen molar-refractivity contribution < 1.29 is 131 Å². The van der Waals surface area contributed by atoms with Gasteiger partial charge in [-0.25, -0.2) is 19.9 Å². The van der Waals surface area contributed by atoms with Crippen LogP contribution in [0.25, 0.3) is 45.6 Å². The van der Waals surface area contributed by atoms with Gasteiger partial charge in [-0.1, -0.05) is 160 Å². The Balaban J connectivity index is 0. The van der Waals surface area contributed by atoms with Crippen molar-refractivity contribution in [2.75, 3.05) is 78.5 Å². The van der Waals surface area contributed by atoms with Gasteiger partial charge in [0, 0.05) is 34.6 Å².